The van der Waals surface area contributed by atoms with Crippen molar-refractivity contribution in [2.75, 3.05) is 0 Å². The maximum atomic E-state index is 2.51. The van der Waals surface area contributed by atoms with E-state index in [0.29, 0.717) is 0 Å². The molecule has 0 heterocycles. The first-order valence-electron chi connectivity index (χ1n) is 4.47. The van der Waals surface area contributed by atoms with E-state index < -0.39 is 17.0 Å². The van der Waals surface area contributed by atoms with Gasteiger partial charge in [-0.15, -0.1) is 37.2 Å². The van der Waals surface area contributed by atoms with Crippen LogP contribution in [0.2, 0.25) is 23.4 Å². The molecule has 14 heavy (non-hydrogen) atoms. The second-order valence-electron chi connectivity index (χ2n) is 7.57. The van der Waals surface area contributed by atoms with Gasteiger partial charge in [-0.25, -0.2) is 0 Å². The van der Waals surface area contributed by atoms with Crippen LogP contribution in [-0.2, 0) is 17.0 Å². The summed E-state index contributed by atoms with van der Waals surface area (Å²) in [7, 11) is 0. The molecule has 0 spiro atoms. The molecule has 0 aromatic heterocycles. The molecule has 0 aromatic carbocycles. The van der Waals surface area contributed by atoms with Gasteiger partial charge in [-0.1, -0.05) is 0 Å². The second-order valence-corrected chi connectivity index (χ2v) is 54.8. The Bertz CT molecular complexity index is 242. The fourth-order valence-electron chi connectivity index (χ4n) is 1.37. The van der Waals surface area contributed by atoms with Gasteiger partial charge in [-0.2, -0.15) is 0 Å². The van der Waals surface area contributed by atoms with Crippen molar-refractivity contribution in [3.8, 4) is 0 Å². The van der Waals surface area contributed by atoms with Crippen LogP contribution < -0.4 is 0 Å². The van der Waals surface area contributed by atoms with Crippen LogP contribution in [-0.4, -0.2) is 0 Å². The number of hydrogen-bond acceptors (Lipinski definition) is 0. The Morgan fingerprint density at radius 3 is 1.50 bits per heavy atom. The molecule has 0 unspecified atom stereocenters. The average Bonchev–Trinajstić information content (AvgIpc) is 2.01. The van der Waals surface area contributed by atoms with Gasteiger partial charge in [-0.05, 0) is 0 Å². The molecule has 0 nitrogen and oxygen atoms in total. The van der Waals surface area contributed by atoms with E-state index in [-0.39, 0.29) is 37.2 Å². The predicted octanol–water partition coefficient (Wildman–Crippen LogP) is 5.56. The fourth-order valence-corrected chi connectivity index (χ4v) is 8.80. The number of allylic oxidation sites excluding steroid dienone is 4. The fraction of sp³-hybridized carbons (Fsp3) is 0.600. The van der Waals surface area contributed by atoms with Crippen LogP contribution in [0.5, 0.6) is 0 Å². The third-order valence-electron chi connectivity index (χ3n) is 2.38. The van der Waals surface area contributed by atoms with Crippen molar-refractivity contribution in [2.45, 2.75) is 29.8 Å². The van der Waals surface area contributed by atoms with Crippen LogP contribution in [0.3, 0.4) is 0 Å². The molecule has 0 bridgehead atoms. The first-order chi connectivity index (χ1) is 4.59. The monoisotopic (exact) mass is 428 g/mol. The summed E-state index contributed by atoms with van der Waals surface area (Å²) in [5.41, 5.74) is 0. The summed E-state index contributed by atoms with van der Waals surface area (Å²) in [6.07, 6.45) is 8.01. The topological polar surface area (TPSA) is 0 Å². The van der Waals surface area contributed by atoms with Crippen LogP contribution in [0.1, 0.15) is 6.42 Å². The molecule has 0 amide bonds. The van der Waals surface area contributed by atoms with Gasteiger partial charge in [0.2, 0.25) is 0 Å². The molecule has 0 atom stereocenters. The molecule has 1 aliphatic carbocycles. The number of rotatable bonds is 1. The van der Waals surface area contributed by atoms with Crippen molar-refractivity contribution in [2.24, 2.45) is 0 Å². The van der Waals surface area contributed by atoms with Gasteiger partial charge in [0, 0.05) is 0 Å². The Kier molecular flexibility index (Phi) is 6.79. The molecule has 1 rings (SSSR count). The van der Waals surface area contributed by atoms with Crippen LogP contribution in [0.15, 0.2) is 21.6 Å². The molecule has 0 saturated heterocycles. The summed E-state index contributed by atoms with van der Waals surface area (Å²) in [5.74, 6) is 0. The van der Waals surface area contributed by atoms with Crippen molar-refractivity contribution in [3.63, 3.8) is 0 Å². The molecule has 0 aromatic rings. The molecule has 0 radical (unpaired) electrons. The zero-order valence-electron chi connectivity index (χ0n) is 9.66. The zero-order valence-corrected chi connectivity index (χ0v) is 15.7. The second kappa shape index (κ2) is 4.61. The Morgan fingerprint density at radius 1 is 0.929 bits per heavy atom. The number of hydrogen-bond donors (Lipinski definition) is 0. The summed E-state index contributed by atoms with van der Waals surface area (Å²) in [6, 6.07) is 0. The van der Waals surface area contributed by atoms with Crippen molar-refractivity contribution in [3.05, 3.63) is 21.6 Å². The van der Waals surface area contributed by atoms with Gasteiger partial charge in [0.1, 0.15) is 0 Å². The SMILES string of the molecule is Cl.Cl.Cl.[CH3][Hf]([CH3])([CH3])([CH3])([CH3])[C]1=CC=CC1. The van der Waals surface area contributed by atoms with Gasteiger partial charge < -0.3 is 0 Å². The van der Waals surface area contributed by atoms with Crippen molar-refractivity contribution in [1.82, 2.24) is 0 Å². The van der Waals surface area contributed by atoms with Gasteiger partial charge in [0.05, 0.1) is 0 Å². The summed E-state index contributed by atoms with van der Waals surface area (Å²) in [5, 5.41) is 0. The molecule has 88 valence electrons. The zero-order chi connectivity index (χ0) is 8.81. The predicted molar refractivity (Wildman–Crippen MR) is 72.9 cm³/mol. The van der Waals surface area contributed by atoms with E-state index in [1.807, 2.05) is 0 Å². The minimum atomic E-state index is -2.87. The first kappa shape index (κ1) is 20.6. The standard InChI is InChI=1S/C5H5.5CH3.3ClH.Hf/c1-2-4-5-3-1;;;;;;;;;/h1-3H,4H2;5*1H3;3*1H;. The summed E-state index contributed by atoms with van der Waals surface area (Å²) >= 11 is -2.87. The van der Waals surface area contributed by atoms with E-state index in [2.05, 4.69) is 41.6 Å². The van der Waals surface area contributed by atoms with Crippen LogP contribution in [0, 0.1) is 0 Å². The van der Waals surface area contributed by atoms with E-state index in [4.69, 9.17) is 0 Å². The average molecular weight is 428 g/mol. The van der Waals surface area contributed by atoms with E-state index in [0.717, 1.165) is 0 Å². The molecular formula is C10H23Cl3Hf. The van der Waals surface area contributed by atoms with E-state index in [1.165, 1.54) is 6.42 Å². The van der Waals surface area contributed by atoms with Gasteiger partial charge in [0.25, 0.3) is 0 Å². The first-order valence-corrected chi connectivity index (χ1v) is 24.2. The maximum absolute atomic E-state index is 2.87. The van der Waals surface area contributed by atoms with Crippen LogP contribution in [0.4, 0.5) is 0 Å². The Morgan fingerprint density at radius 2 is 1.36 bits per heavy atom. The molecule has 0 aliphatic heterocycles. The van der Waals surface area contributed by atoms with E-state index in [9.17, 15) is 0 Å². The van der Waals surface area contributed by atoms with Crippen molar-refractivity contribution >= 4 is 37.2 Å². The van der Waals surface area contributed by atoms with Crippen molar-refractivity contribution < 1.29 is 17.0 Å². The third kappa shape index (κ3) is 5.95. The summed E-state index contributed by atoms with van der Waals surface area (Å²) in [6.45, 7) is 0. The minimum absolute atomic E-state index is 0. The molecule has 0 N–H and O–H groups in total. The summed E-state index contributed by atoms with van der Waals surface area (Å²) in [4.78, 5) is 0. The Hall–Kier alpha value is 1.22. The molecular weight excluding hydrogens is 405 g/mol. The normalized spacial score (nSPS) is 19.1. The van der Waals surface area contributed by atoms with E-state index in [1.54, 1.807) is 3.33 Å². The molecule has 1 aliphatic rings. The van der Waals surface area contributed by atoms with Gasteiger partial charge in [-0.3, -0.25) is 0 Å². The molecule has 0 saturated carbocycles. The van der Waals surface area contributed by atoms with Crippen LogP contribution in [0.25, 0.3) is 0 Å². The van der Waals surface area contributed by atoms with Crippen LogP contribution >= 0.6 is 37.2 Å². The Balaban J connectivity index is -0.000000403. The quantitative estimate of drug-likeness (QED) is 0.480. The number of halogens is 3. The summed E-state index contributed by atoms with van der Waals surface area (Å²) < 4.78 is 14.3. The molecule has 4 heteroatoms. The van der Waals surface area contributed by atoms with Crippen molar-refractivity contribution in [1.29, 1.82) is 0 Å². The van der Waals surface area contributed by atoms with Gasteiger partial charge in [0.15, 0.2) is 0 Å². The Labute approximate surface area is 105 Å². The van der Waals surface area contributed by atoms with Gasteiger partial charge >= 0.3 is 68.4 Å². The molecule has 0 fully saturated rings. The van der Waals surface area contributed by atoms with E-state index >= 15 is 0 Å². The third-order valence-corrected chi connectivity index (χ3v) is 15.2.